The van der Waals surface area contributed by atoms with Crippen LogP contribution in [0.2, 0.25) is 0 Å². The Morgan fingerprint density at radius 2 is 2.24 bits per heavy atom. The minimum absolute atomic E-state index is 0.0186. The molecule has 3 heterocycles. The number of aryl methyl sites for hydroxylation is 1. The first-order valence-corrected chi connectivity index (χ1v) is 8.23. The Morgan fingerprint density at radius 1 is 1.36 bits per heavy atom. The fourth-order valence-electron chi connectivity index (χ4n) is 3.32. The molecule has 7 nitrogen and oxygen atoms in total. The van der Waals surface area contributed by atoms with Crippen LogP contribution in [-0.2, 0) is 4.74 Å². The molecule has 0 radical (unpaired) electrons. The Balaban J connectivity index is 1.68. The first-order valence-electron chi connectivity index (χ1n) is 8.23. The van der Waals surface area contributed by atoms with E-state index in [9.17, 15) is 4.79 Å². The highest BCUT2D eigenvalue weighted by molar-refractivity contribution is 5.98. The summed E-state index contributed by atoms with van der Waals surface area (Å²) < 4.78 is 5.49. The highest BCUT2D eigenvalue weighted by atomic mass is 16.5. The molecule has 0 spiro atoms. The highest BCUT2D eigenvalue weighted by Gasteiger charge is 2.38. The van der Waals surface area contributed by atoms with Gasteiger partial charge in [-0.25, -0.2) is 4.98 Å². The fourth-order valence-corrected chi connectivity index (χ4v) is 3.32. The molecule has 4 rings (SSSR count). The summed E-state index contributed by atoms with van der Waals surface area (Å²) in [6.07, 6.45) is 2.42. The zero-order valence-corrected chi connectivity index (χ0v) is 14.1. The van der Waals surface area contributed by atoms with Crippen LogP contribution >= 0.6 is 0 Å². The molecule has 0 bridgehead atoms. The largest absolute Gasteiger partial charge is 0.380 e. The number of H-pyrrole nitrogens is 1. The molecule has 1 amide bonds. The van der Waals surface area contributed by atoms with Gasteiger partial charge in [-0.3, -0.25) is 14.9 Å². The van der Waals surface area contributed by atoms with E-state index in [4.69, 9.17) is 4.74 Å². The van der Waals surface area contributed by atoms with E-state index in [1.807, 2.05) is 37.3 Å². The number of carbonyl (C=O) groups excluding carboxylic acids is 1. The van der Waals surface area contributed by atoms with E-state index >= 15 is 0 Å². The molecule has 1 fully saturated rings. The summed E-state index contributed by atoms with van der Waals surface area (Å²) in [6.45, 7) is 2.38. The second-order valence-corrected chi connectivity index (χ2v) is 6.26. The molecular weight excluding hydrogens is 318 g/mol. The van der Waals surface area contributed by atoms with Gasteiger partial charge < -0.3 is 9.64 Å². The standard InChI is InChI=1S/C18H19N5O2/c1-11-20-17(22-21-11)16-9-14(25-2)10-23(16)18(24)13-5-6-15-12(8-13)4-3-7-19-15/h3-8,14,16H,9-10H2,1-2H3,(H,20,21,22)/t14-,16-/m0/s1. The molecule has 25 heavy (non-hydrogen) atoms. The van der Waals surface area contributed by atoms with Crippen molar-refractivity contribution in [2.24, 2.45) is 0 Å². The average Bonchev–Trinajstić information content (AvgIpc) is 3.26. The summed E-state index contributed by atoms with van der Waals surface area (Å²) >= 11 is 0. The van der Waals surface area contributed by atoms with Gasteiger partial charge in [0, 0.05) is 37.2 Å². The van der Waals surface area contributed by atoms with Crippen molar-refractivity contribution in [3.8, 4) is 0 Å². The lowest BCUT2D eigenvalue weighted by Crippen LogP contribution is -2.32. The summed E-state index contributed by atoms with van der Waals surface area (Å²) in [5.74, 6) is 1.32. The predicted octanol–water partition coefficient (Wildman–Crippen LogP) is 2.26. The number of hydrogen-bond acceptors (Lipinski definition) is 5. The fraction of sp³-hybridized carbons (Fsp3) is 0.333. The van der Waals surface area contributed by atoms with Crippen molar-refractivity contribution in [1.29, 1.82) is 0 Å². The minimum atomic E-state index is -0.188. The number of aromatic nitrogens is 4. The van der Waals surface area contributed by atoms with E-state index in [1.165, 1.54) is 0 Å². The number of ether oxygens (including phenoxy) is 1. The van der Waals surface area contributed by atoms with Crippen LogP contribution in [0.1, 0.15) is 34.5 Å². The van der Waals surface area contributed by atoms with Crippen LogP contribution in [0, 0.1) is 6.92 Å². The number of methoxy groups -OCH3 is 1. The minimum Gasteiger partial charge on any atom is -0.380 e. The molecule has 0 saturated carbocycles. The molecule has 2 atom stereocenters. The number of nitrogens with zero attached hydrogens (tertiary/aromatic N) is 4. The van der Waals surface area contributed by atoms with Crippen LogP contribution in [0.15, 0.2) is 36.5 Å². The third kappa shape index (κ3) is 2.87. The van der Waals surface area contributed by atoms with E-state index in [-0.39, 0.29) is 18.1 Å². The number of rotatable bonds is 3. The molecule has 7 heteroatoms. The zero-order valence-electron chi connectivity index (χ0n) is 14.1. The molecule has 2 aromatic heterocycles. The maximum atomic E-state index is 13.1. The monoisotopic (exact) mass is 337 g/mol. The van der Waals surface area contributed by atoms with Gasteiger partial charge in [-0.05, 0) is 31.2 Å². The van der Waals surface area contributed by atoms with Crippen molar-refractivity contribution in [3.05, 3.63) is 53.7 Å². The van der Waals surface area contributed by atoms with Crippen LogP contribution in [0.4, 0.5) is 0 Å². The Hall–Kier alpha value is -2.80. The second kappa shape index (κ2) is 6.25. The van der Waals surface area contributed by atoms with Crippen LogP contribution in [0.25, 0.3) is 10.9 Å². The maximum absolute atomic E-state index is 13.1. The van der Waals surface area contributed by atoms with E-state index in [1.54, 1.807) is 18.2 Å². The summed E-state index contributed by atoms with van der Waals surface area (Å²) in [5, 5.41) is 8.05. The summed E-state index contributed by atoms with van der Waals surface area (Å²) in [6, 6.07) is 9.21. The number of benzene rings is 1. The Morgan fingerprint density at radius 3 is 3.00 bits per heavy atom. The van der Waals surface area contributed by atoms with Crippen molar-refractivity contribution in [3.63, 3.8) is 0 Å². The number of fused-ring (bicyclic) bond motifs is 1. The molecule has 1 saturated heterocycles. The number of amides is 1. The van der Waals surface area contributed by atoms with E-state index < -0.39 is 0 Å². The Kier molecular flexibility index (Phi) is 3.93. The average molecular weight is 337 g/mol. The van der Waals surface area contributed by atoms with Crippen LogP contribution in [0.3, 0.4) is 0 Å². The van der Waals surface area contributed by atoms with Crippen molar-refractivity contribution >= 4 is 16.8 Å². The molecular formula is C18H19N5O2. The lowest BCUT2D eigenvalue weighted by molar-refractivity contribution is 0.0684. The first-order chi connectivity index (χ1) is 12.2. The maximum Gasteiger partial charge on any atom is 0.254 e. The van der Waals surface area contributed by atoms with Gasteiger partial charge in [0.25, 0.3) is 5.91 Å². The number of hydrogen-bond donors (Lipinski definition) is 1. The second-order valence-electron chi connectivity index (χ2n) is 6.26. The van der Waals surface area contributed by atoms with Gasteiger partial charge in [0.1, 0.15) is 5.82 Å². The van der Waals surface area contributed by atoms with Gasteiger partial charge in [0.15, 0.2) is 5.82 Å². The van der Waals surface area contributed by atoms with Gasteiger partial charge in [-0.1, -0.05) is 6.07 Å². The van der Waals surface area contributed by atoms with Crippen molar-refractivity contribution in [1.82, 2.24) is 25.1 Å². The smallest absolute Gasteiger partial charge is 0.254 e. The predicted molar refractivity (Wildman–Crippen MR) is 92.1 cm³/mol. The third-order valence-electron chi connectivity index (χ3n) is 4.62. The number of likely N-dealkylation sites (tertiary alicyclic amines) is 1. The van der Waals surface area contributed by atoms with Crippen LogP contribution < -0.4 is 0 Å². The highest BCUT2D eigenvalue weighted by Crippen LogP contribution is 2.33. The lowest BCUT2D eigenvalue weighted by Gasteiger charge is -2.22. The summed E-state index contributed by atoms with van der Waals surface area (Å²) in [5.41, 5.74) is 1.51. The topological polar surface area (TPSA) is 84.0 Å². The van der Waals surface area contributed by atoms with E-state index in [0.29, 0.717) is 24.4 Å². The SMILES string of the molecule is CO[C@H]1C[C@@H](c2n[nH]c(C)n2)N(C(=O)c2ccc3ncccc3c2)C1. The molecule has 0 aliphatic carbocycles. The van der Waals surface area contributed by atoms with Gasteiger partial charge in [-0.15, -0.1) is 0 Å². The molecule has 1 aromatic carbocycles. The van der Waals surface area contributed by atoms with E-state index in [2.05, 4.69) is 20.2 Å². The Labute approximate surface area is 145 Å². The van der Waals surface area contributed by atoms with Crippen LogP contribution in [-0.4, -0.2) is 50.7 Å². The van der Waals surface area contributed by atoms with Gasteiger partial charge in [0.05, 0.1) is 17.7 Å². The number of nitrogens with one attached hydrogen (secondary N) is 1. The molecule has 3 aromatic rings. The van der Waals surface area contributed by atoms with Crippen molar-refractivity contribution in [2.45, 2.75) is 25.5 Å². The number of aromatic amines is 1. The zero-order chi connectivity index (χ0) is 17.4. The van der Waals surface area contributed by atoms with Crippen LogP contribution in [0.5, 0.6) is 0 Å². The summed E-state index contributed by atoms with van der Waals surface area (Å²) in [4.78, 5) is 23.6. The Bertz CT molecular complexity index is 922. The van der Waals surface area contributed by atoms with Crippen molar-refractivity contribution < 1.29 is 9.53 Å². The molecule has 1 aliphatic heterocycles. The van der Waals surface area contributed by atoms with Crippen molar-refractivity contribution in [2.75, 3.05) is 13.7 Å². The molecule has 0 unspecified atom stereocenters. The number of pyridine rings is 1. The molecule has 1 N–H and O–H groups in total. The van der Waals surface area contributed by atoms with Gasteiger partial charge >= 0.3 is 0 Å². The first kappa shape index (κ1) is 15.7. The van der Waals surface area contributed by atoms with Gasteiger partial charge in [0.2, 0.25) is 0 Å². The van der Waals surface area contributed by atoms with E-state index in [0.717, 1.165) is 16.7 Å². The normalized spacial score (nSPS) is 20.3. The number of carbonyl (C=O) groups is 1. The molecule has 128 valence electrons. The summed E-state index contributed by atoms with van der Waals surface area (Å²) in [7, 11) is 1.67. The lowest BCUT2D eigenvalue weighted by atomic mass is 10.1. The molecule has 1 aliphatic rings. The third-order valence-corrected chi connectivity index (χ3v) is 4.62. The quantitative estimate of drug-likeness (QED) is 0.792. The van der Waals surface area contributed by atoms with Gasteiger partial charge in [-0.2, -0.15) is 5.10 Å².